The van der Waals surface area contributed by atoms with Gasteiger partial charge in [-0.1, -0.05) is 38.0 Å². The maximum absolute atomic E-state index is 12.9. The Bertz CT molecular complexity index is 684. The van der Waals surface area contributed by atoms with Crippen LogP contribution in [0.1, 0.15) is 37.8 Å². The molecule has 0 bridgehead atoms. The van der Waals surface area contributed by atoms with Gasteiger partial charge in [-0.25, -0.2) is 4.79 Å². The maximum Gasteiger partial charge on any atom is 0.319 e. The number of ether oxygens (including phenoxy) is 1. The molecule has 3 amide bonds. The number of carbonyl (C=O) groups is 2. The van der Waals surface area contributed by atoms with Gasteiger partial charge in [0.1, 0.15) is 5.75 Å². The van der Waals surface area contributed by atoms with Gasteiger partial charge in [-0.15, -0.1) is 0 Å². The molecular formula is C18H23N3O3. The van der Waals surface area contributed by atoms with Crippen LogP contribution in [-0.4, -0.2) is 37.0 Å². The van der Waals surface area contributed by atoms with E-state index in [-0.39, 0.29) is 11.9 Å². The number of hydrogen-bond donors (Lipinski definition) is 2. The molecule has 24 heavy (non-hydrogen) atoms. The molecule has 2 aliphatic rings. The van der Waals surface area contributed by atoms with E-state index in [0.717, 1.165) is 24.8 Å². The van der Waals surface area contributed by atoms with Crippen molar-refractivity contribution in [1.29, 1.82) is 0 Å². The Hall–Kier alpha value is -2.50. The smallest absolute Gasteiger partial charge is 0.319 e. The number of methoxy groups -OCH3 is 1. The molecule has 128 valence electrons. The zero-order valence-corrected chi connectivity index (χ0v) is 14.1. The number of rotatable bonds is 6. The first-order valence-corrected chi connectivity index (χ1v) is 8.38. The number of nitrogens with one attached hydrogen (secondary N) is 2. The number of unbranched alkanes of at least 4 members (excludes halogenated alkanes) is 2. The van der Waals surface area contributed by atoms with E-state index in [1.165, 1.54) is 0 Å². The van der Waals surface area contributed by atoms with E-state index < -0.39 is 6.04 Å². The Kier molecular flexibility index (Phi) is 4.74. The molecule has 0 aliphatic carbocycles. The topological polar surface area (TPSA) is 70.7 Å². The molecule has 3 rings (SSSR count). The monoisotopic (exact) mass is 329 g/mol. The molecule has 0 fully saturated rings. The van der Waals surface area contributed by atoms with Gasteiger partial charge in [-0.3, -0.25) is 4.79 Å². The van der Waals surface area contributed by atoms with Crippen LogP contribution in [0.15, 0.2) is 35.5 Å². The third-order valence-corrected chi connectivity index (χ3v) is 4.50. The summed E-state index contributed by atoms with van der Waals surface area (Å²) in [6.45, 7) is 3.32. The molecule has 0 unspecified atom stereocenters. The third kappa shape index (κ3) is 2.96. The summed E-state index contributed by atoms with van der Waals surface area (Å²) in [7, 11) is 1.59. The van der Waals surface area contributed by atoms with Crippen molar-refractivity contribution in [2.75, 3.05) is 20.2 Å². The Morgan fingerprint density at radius 1 is 1.25 bits per heavy atom. The van der Waals surface area contributed by atoms with Crippen LogP contribution in [0.3, 0.4) is 0 Å². The summed E-state index contributed by atoms with van der Waals surface area (Å²) in [5, 5.41) is 5.65. The van der Waals surface area contributed by atoms with E-state index in [0.29, 0.717) is 30.1 Å². The summed E-state index contributed by atoms with van der Waals surface area (Å²) in [5.41, 5.74) is 2.12. The molecule has 0 saturated heterocycles. The molecule has 1 aromatic rings. The van der Waals surface area contributed by atoms with E-state index in [1.807, 2.05) is 29.2 Å². The number of urea groups is 1. The summed E-state index contributed by atoms with van der Waals surface area (Å²) in [5.74, 6) is 0.651. The van der Waals surface area contributed by atoms with E-state index in [9.17, 15) is 9.59 Å². The van der Waals surface area contributed by atoms with E-state index in [4.69, 9.17) is 4.74 Å². The maximum atomic E-state index is 12.9. The van der Waals surface area contributed by atoms with Crippen molar-refractivity contribution >= 4 is 11.9 Å². The summed E-state index contributed by atoms with van der Waals surface area (Å²) < 4.78 is 5.40. The molecule has 1 aromatic carbocycles. The number of para-hydroxylation sites is 1. The average Bonchev–Trinajstić information content (AvgIpc) is 2.90. The highest BCUT2D eigenvalue weighted by atomic mass is 16.5. The first kappa shape index (κ1) is 16.4. The van der Waals surface area contributed by atoms with Gasteiger partial charge >= 0.3 is 6.03 Å². The van der Waals surface area contributed by atoms with Crippen molar-refractivity contribution in [2.24, 2.45) is 0 Å². The number of carbonyl (C=O) groups excluding carboxylic acids is 2. The number of hydrogen-bond acceptors (Lipinski definition) is 3. The summed E-state index contributed by atoms with van der Waals surface area (Å²) in [4.78, 5) is 26.7. The number of amides is 3. The van der Waals surface area contributed by atoms with E-state index in [2.05, 4.69) is 17.6 Å². The quantitative estimate of drug-likeness (QED) is 0.787. The molecule has 0 aromatic heterocycles. The molecule has 0 saturated carbocycles. The van der Waals surface area contributed by atoms with Crippen LogP contribution in [0.4, 0.5) is 4.79 Å². The minimum Gasteiger partial charge on any atom is -0.496 e. The van der Waals surface area contributed by atoms with Gasteiger partial charge < -0.3 is 20.3 Å². The minimum atomic E-state index is -0.478. The molecule has 2 aliphatic heterocycles. The molecule has 6 heteroatoms. The molecule has 0 radical (unpaired) electrons. The summed E-state index contributed by atoms with van der Waals surface area (Å²) >= 11 is 0. The van der Waals surface area contributed by atoms with Crippen molar-refractivity contribution in [1.82, 2.24) is 15.5 Å². The molecular weight excluding hydrogens is 306 g/mol. The standard InChI is InChI=1S/C18H23N3O3/c1-3-4-7-10-21-11-13-15(17(21)22)16(20-18(23)19-13)12-8-5-6-9-14(12)24-2/h5-6,8-9,16H,3-4,7,10-11H2,1-2H3,(H2,19,20,23)/t16-/m1/s1. The third-order valence-electron chi connectivity index (χ3n) is 4.50. The van der Waals surface area contributed by atoms with Crippen LogP contribution < -0.4 is 15.4 Å². The molecule has 0 spiro atoms. The van der Waals surface area contributed by atoms with Gasteiger partial charge in [0, 0.05) is 12.1 Å². The van der Waals surface area contributed by atoms with Gasteiger partial charge in [-0.2, -0.15) is 0 Å². The van der Waals surface area contributed by atoms with Gasteiger partial charge in [0.2, 0.25) is 0 Å². The predicted octanol–water partition coefficient (Wildman–Crippen LogP) is 2.34. The second-order valence-electron chi connectivity index (χ2n) is 6.10. The normalized spacial score (nSPS) is 19.9. The first-order valence-electron chi connectivity index (χ1n) is 8.38. The largest absolute Gasteiger partial charge is 0.496 e. The predicted molar refractivity (Wildman–Crippen MR) is 90.5 cm³/mol. The van der Waals surface area contributed by atoms with Crippen molar-refractivity contribution < 1.29 is 14.3 Å². The lowest BCUT2D eigenvalue weighted by molar-refractivity contribution is -0.125. The van der Waals surface area contributed by atoms with Crippen molar-refractivity contribution in [2.45, 2.75) is 32.2 Å². The lowest BCUT2D eigenvalue weighted by Gasteiger charge is -2.26. The lowest BCUT2D eigenvalue weighted by atomic mass is 9.95. The molecule has 2 N–H and O–H groups in total. The molecule has 1 atom stereocenters. The van der Waals surface area contributed by atoms with Crippen LogP contribution >= 0.6 is 0 Å². The van der Waals surface area contributed by atoms with Gasteiger partial charge in [-0.05, 0) is 12.5 Å². The summed E-state index contributed by atoms with van der Waals surface area (Å²) in [6, 6.07) is 6.70. The fourth-order valence-electron chi connectivity index (χ4n) is 3.30. The van der Waals surface area contributed by atoms with E-state index >= 15 is 0 Å². The molecule has 2 heterocycles. The highest BCUT2D eigenvalue weighted by molar-refractivity contribution is 6.01. The van der Waals surface area contributed by atoms with Crippen molar-refractivity contribution in [3.63, 3.8) is 0 Å². The van der Waals surface area contributed by atoms with E-state index in [1.54, 1.807) is 7.11 Å². The lowest BCUT2D eigenvalue weighted by Crippen LogP contribution is -2.44. The number of nitrogens with zero attached hydrogens (tertiary/aromatic N) is 1. The van der Waals surface area contributed by atoms with Crippen LogP contribution in [-0.2, 0) is 4.79 Å². The van der Waals surface area contributed by atoms with Crippen LogP contribution in [0, 0.1) is 0 Å². The number of benzene rings is 1. The second-order valence-corrected chi connectivity index (χ2v) is 6.10. The SMILES string of the molecule is CCCCCN1CC2=C(C1=O)[C@@H](c1ccccc1OC)NC(=O)N2. The zero-order chi connectivity index (χ0) is 17.1. The second kappa shape index (κ2) is 6.95. The van der Waals surface area contributed by atoms with Gasteiger partial charge in [0.15, 0.2) is 0 Å². The summed E-state index contributed by atoms with van der Waals surface area (Å²) in [6.07, 6.45) is 3.18. The highest BCUT2D eigenvalue weighted by Gasteiger charge is 2.40. The minimum absolute atomic E-state index is 0.00971. The van der Waals surface area contributed by atoms with Gasteiger partial charge in [0.25, 0.3) is 5.91 Å². The van der Waals surface area contributed by atoms with Crippen LogP contribution in [0.25, 0.3) is 0 Å². The highest BCUT2D eigenvalue weighted by Crippen LogP contribution is 2.36. The first-order chi connectivity index (χ1) is 11.7. The van der Waals surface area contributed by atoms with Gasteiger partial charge in [0.05, 0.1) is 31.0 Å². The Morgan fingerprint density at radius 3 is 2.79 bits per heavy atom. The van der Waals surface area contributed by atoms with Crippen molar-refractivity contribution in [3.05, 3.63) is 41.1 Å². The zero-order valence-electron chi connectivity index (χ0n) is 14.1. The average molecular weight is 329 g/mol. The fourth-order valence-corrected chi connectivity index (χ4v) is 3.30. The Morgan fingerprint density at radius 2 is 2.04 bits per heavy atom. The Labute approximate surface area is 141 Å². The Balaban J connectivity index is 1.89. The molecule has 6 nitrogen and oxygen atoms in total. The fraction of sp³-hybridized carbons (Fsp3) is 0.444. The van der Waals surface area contributed by atoms with Crippen molar-refractivity contribution in [3.8, 4) is 5.75 Å². The van der Waals surface area contributed by atoms with Crippen LogP contribution in [0.5, 0.6) is 5.75 Å². The van der Waals surface area contributed by atoms with Crippen LogP contribution in [0.2, 0.25) is 0 Å².